The van der Waals surface area contributed by atoms with Crippen molar-refractivity contribution in [2.45, 2.75) is 0 Å². The van der Waals surface area contributed by atoms with Crippen LogP contribution in [0.3, 0.4) is 0 Å². The van der Waals surface area contributed by atoms with Gasteiger partial charge >= 0.3 is 0 Å². The molecule has 0 atom stereocenters. The second-order valence-electron chi connectivity index (χ2n) is 1.54. The summed E-state index contributed by atoms with van der Waals surface area (Å²) in [6.45, 7) is 0. The number of hydrogen-bond donors (Lipinski definition) is 0. The van der Waals surface area contributed by atoms with Gasteiger partial charge in [-0.05, 0) is 12.1 Å². The molecule has 0 bridgehead atoms. The second-order valence-corrected chi connectivity index (χ2v) is 2.00. The fourth-order valence-corrected chi connectivity index (χ4v) is 0.513. The van der Waals surface area contributed by atoms with E-state index in [2.05, 4.69) is 27.6 Å². The first-order valence-electron chi connectivity index (χ1n) is 2.69. The Morgan fingerprint density at radius 2 is 1.64 bits per heavy atom. The van der Waals surface area contributed by atoms with Crippen molar-refractivity contribution in [1.29, 1.82) is 5.26 Å². The van der Waals surface area contributed by atoms with Crippen LogP contribution in [0.5, 0.6) is 0 Å². The van der Waals surface area contributed by atoms with Crippen LogP contribution in [0.1, 0.15) is 5.56 Å². The van der Waals surface area contributed by atoms with Gasteiger partial charge in [-0.2, -0.15) is 9.10 Å². The normalized spacial score (nSPS) is 7.36. The van der Waals surface area contributed by atoms with Gasteiger partial charge in [0.2, 0.25) is 0 Å². The summed E-state index contributed by atoms with van der Waals surface area (Å²) in [7, 11) is 0. The molecular formula is C7H5Cl2NO. The van der Waals surface area contributed by atoms with Crippen molar-refractivity contribution in [3.05, 3.63) is 35.9 Å². The maximum absolute atomic E-state index is 8.29. The van der Waals surface area contributed by atoms with Crippen LogP contribution >= 0.6 is 23.7 Å². The summed E-state index contributed by atoms with van der Waals surface area (Å²) in [5.41, 5.74) is 0.715. The molecule has 0 aliphatic heterocycles. The van der Waals surface area contributed by atoms with Crippen molar-refractivity contribution >= 4 is 23.7 Å². The van der Waals surface area contributed by atoms with Gasteiger partial charge in [-0.25, -0.2) is 0 Å². The molecule has 0 saturated carbocycles. The number of nitriles is 1. The summed E-state index contributed by atoms with van der Waals surface area (Å²) < 4.78 is 3.19. The van der Waals surface area contributed by atoms with E-state index < -0.39 is 0 Å². The smallest absolute Gasteiger partial charge is 0.0991 e. The van der Waals surface area contributed by atoms with E-state index in [1.54, 1.807) is 12.1 Å². The Kier molecular flexibility index (Phi) is 6.86. The van der Waals surface area contributed by atoms with E-state index in [4.69, 9.17) is 5.26 Å². The molecule has 0 N–H and O–H groups in total. The molecule has 0 amide bonds. The standard InChI is InChI=1S/C7H5N.Cl2O/c8-6-7-4-2-1-3-5-7;1-3-2/h1-5H;. The van der Waals surface area contributed by atoms with E-state index >= 15 is 0 Å². The SMILES string of the molecule is ClOCl.N#Cc1ccccc1. The quantitative estimate of drug-likeness (QED) is 0.629. The van der Waals surface area contributed by atoms with Crippen molar-refractivity contribution < 1.29 is 3.84 Å². The average molecular weight is 190 g/mol. The van der Waals surface area contributed by atoms with Gasteiger partial charge in [0.25, 0.3) is 0 Å². The average Bonchev–Trinajstić information content (AvgIpc) is 2.08. The lowest BCUT2D eigenvalue weighted by atomic mass is 10.2. The van der Waals surface area contributed by atoms with Crippen molar-refractivity contribution in [2.75, 3.05) is 0 Å². The van der Waals surface area contributed by atoms with Crippen molar-refractivity contribution in [3.8, 4) is 6.07 Å². The minimum absolute atomic E-state index is 0.715. The first kappa shape index (κ1) is 10.2. The molecule has 2 nitrogen and oxygen atoms in total. The highest BCUT2D eigenvalue weighted by atomic mass is 35.6. The topological polar surface area (TPSA) is 33.0 Å². The summed E-state index contributed by atoms with van der Waals surface area (Å²) >= 11 is 8.53. The van der Waals surface area contributed by atoms with Crippen LogP contribution in [0.25, 0.3) is 0 Å². The van der Waals surface area contributed by atoms with Crippen molar-refractivity contribution in [3.63, 3.8) is 0 Å². The Labute approximate surface area is 75.3 Å². The minimum Gasteiger partial charge on any atom is -0.192 e. The van der Waals surface area contributed by atoms with Gasteiger partial charge in [0.05, 0.1) is 35.4 Å². The lowest BCUT2D eigenvalue weighted by molar-refractivity contribution is 0.697. The zero-order chi connectivity index (χ0) is 8.53. The highest BCUT2D eigenvalue weighted by Gasteiger charge is 1.79. The highest BCUT2D eigenvalue weighted by molar-refractivity contribution is 6.24. The molecule has 0 spiro atoms. The van der Waals surface area contributed by atoms with E-state index in [1.165, 1.54) is 0 Å². The number of halogens is 2. The van der Waals surface area contributed by atoms with Crippen molar-refractivity contribution in [2.24, 2.45) is 0 Å². The van der Waals surface area contributed by atoms with E-state index in [9.17, 15) is 0 Å². The van der Waals surface area contributed by atoms with Gasteiger partial charge in [-0.1, -0.05) is 18.2 Å². The summed E-state index contributed by atoms with van der Waals surface area (Å²) in [4.78, 5) is 0. The maximum atomic E-state index is 8.29. The van der Waals surface area contributed by atoms with Crippen molar-refractivity contribution in [1.82, 2.24) is 0 Å². The molecular weight excluding hydrogens is 185 g/mol. The molecule has 0 heterocycles. The Balaban J connectivity index is 0.000000292. The number of rotatable bonds is 0. The van der Waals surface area contributed by atoms with Crippen LogP contribution in [-0.4, -0.2) is 0 Å². The van der Waals surface area contributed by atoms with Crippen LogP contribution in [0.2, 0.25) is 0 Å². The molecule has 0 aromatic heterocycles. The molecule has 1 aromatic carbocycles. The van der Waals surface area contributed by atoms with E-state index in [0.29, 0.717) is 5.56 Å². The number of hydrogen-bond acceptors (Lipinski definition) is 2. The minimum atomic E-state index is 0.715. The molecule has 0 saturated heterocycles. The highest BCUT2D eigenvalue weighted by Crippen LogP contribution is 1.93. The third-order valence-corrected chi connectivity index (χ3v) is 0.903. The van der Waals surface area contributed by atoms with Gasteiger partial charge < -0.3 is 0 Å². The molecule has 0 fully saturated rings. The largest absolute Gasteiger partial charge is 0.192 e. The van der Waals surface area contributed by atoms with Crippen LogP contribution < -0.4 is 0 Å². The summed E-state index contributed by atoms with van der Waals surface area (Å²) in [5.74, 6) is 0. The van der Waals surface area contributed by atoms with Gasteiger partial charge in [-0.15, -0.1) is 0 Å². The molecule has 4 heteroatoms. The third kappa shape index (κ3) is 5.68. The fourth-order valence-electron chi connectivity index (χ4n) is 0.513. The molecule has 0 radical (unpaired) electrons. The summed E-state index contributed by atoms with van der Waals surface area (Å²) in [5, 5.41) is 8.29. The Morgan fingerprint density at radius 3 is 1.91 bits per heavy atom. The molecule has 58 valence electrons. The monoisotopic (exact) mass is 189 g/mol. The molecule has 11 heavy (non-hydrogen) atoms. The number of benzene rings is 1. The van der Waals surface area contributed by atoms with Crippen LogP contribution in [0.4, 0.5) is 0 Å². The summed E-state index contributed by atoms with van der Waals surface area (Å²) in [6, 6.07) is 11.2. The Hall–Kier alpha value is -0.750. The van der Waals surface area contributed by atoms with E-state index in [1.807, 2.05) is 24.3 Å². The third-order valence-electron chi connectivity index (χ3n) is 0.903. The Morgan fingerprint density at radius 1 is 1.18 bits per heavy atom. The van der Waals surface area contributed by atoms with Crippen LogP contribution in [0, 0.1) is 11.3 Å². The fraction of sp³-hybridized carbons (Fsp3) is 0. The Bertz CT molecular complexity index is 220. The molecule has 0 unspecified atom stereocenters. The zero-order valence-electron chi connectivity index (χ0n) is 5.50. The first-order chi connectivity index (χ1) is 5.35. The number of nitrogens with zero attached hydrogens (tertiary/aromatic N) is 1. The molecule has 1 aromatic rings. The van der Waals surface area contributed by atoms with Gasteiger partial charge in [0.15, 0.2) is 0 Å². The van der Waals surface area contributed by atoms with Crippen LogP contribution in [0.15, 0.2) is 30.3 Å². The lowest BCUT2D eigenvalue weighted by Gasteiger charge is -1.80. The predicted molar refractivity (Wildman–Crippen MR) is 43.9 cm³/mol. The first-order valence-corrected chi connectivity index (χ1v) is 3.31. The molecule has 0 aliphatic rings. The zero-order valence-corrected chi connectivity index (χ0v) is 7.01. The van der Waals surface area contributed by atoms with Gasteiger partial charge in [-0.3, -0.25) is 0 Å². The van der Waals surface area contributed by atoms with Gasteiger partial charge in [0, 0.05) is 0 Å². The van der Waals surface area contributed by atoms with Crippen LogP contribution in [-0.2, 0) is 3.84 Å². The lowest BCUT2D eigenvalue weighted by Crippen LogP contribution is -1.66. The predicted octanol–water partition coefficient (Wildman–Crippen LogP) is 2.87. The maximum Gasteiger partial charge on any atom is 0.0991 e. The second kappa shape index (κ2) is 7.36. The summed E-state index contributed by atoms with van der Waals surface area (Å²) in [6.07, 6.45) is 0. The van der Waals surface area contributed by atoms with E-state index in [-0.39, 0.29) is 0 Å². The van der Waals surface area contributed by atoms with Gasteiger partial charge in [0.1, 0.15) is 0 Å². The molecule has 0 aliphatic carbocycles. The molecule has 1 rings (SSSR count). The van der Waals surface area contributed by atoms with E-state index in [0.717, 1.165) is 0 Å².